The molecule has 1 saturated carbocycles. The van der Waals surface area contributed by atoms with Crippen LogP contribution in [-0.4, -0.2) is 12.1 Å². The predicted octanol–water partition coefficient (Wildman–Crippen LogP) is 3.07. The molecule has 14 heavy (non-hydrogen) atoms. The Balaban J connectivity index is 2.00. The molecule has 0 aromatic heterocycles. The van der Waals surface area contributed by atoms with E-state index in [-0.39, 0.29) is 12.1 Å². The van der Waals surface area contributed by atoms with Crippen molar-refractivity contribution in [3.63, 3.8) is 0 Å². The van der Waals surface area contributed by atoms with Crippen molar-refractivity contribution in [1.29, 1.82) is 0 Å². The minimum atomic E-state index is -0.143. The van der Waals surface area contributed by atoms with E-state index in [1.807, 2.05) is 0 Å². The Hall–Kier alpha value is -0.790. The molecule has 0 N–H and O–H groups in total. The first kappa shape index (κ1) is 11.3. The lowest BCUT2D eigenvalue weighted by Crippen LogP contribution is -2.02. The third-order valence-electron chi connectivity index (χ3n) is 2.78. The Morgan fingerprint density at radius 1 is 1.57 bits per heavy atom. The summed E-state index contributed by atoms with van der Waals surface area (Å²) in [4.78, 5) is 10.6. The summed E-state index contributed by atoms with van der Waals surface area (Å²) in [5.74, 6) is 0.485. The Labute approximate surface area is 86.3 Å². The molecule has 0 heterocycles. The Morgan fingerprint density at radius 3 is 2.86 bits per heavy atom. The molecule has 0 spiro atoms. The highest BCUT2D eigenvalue weighted by Crippen LogP contribution is 2.38. The molecule has 0 bridgehead atoms. The number of esters is 1. The molecule has 2 nitrogen and oxygen atoms in total. The lowest BCUT2D eigenvalue weighted by atomic mass is 10.1. The van der Waals surface area contributed by atoms with E-state index in [4.69, 9.17) is 4.74 Å². The van der Waals surface area contributed by atoms with E-state index in [0.29, 0.717) is 5.92 Å². The van der Waals surface area contributed by atoms with Crippen LogP contribution in [0, 0.1) is 5.92 Å². The first-order chi connectivity index (χ1) is 6.63. The Kier molecular flexibility index (Phi) is 4.18. The van der Waals surface area contributed by atoms with Gasteiger partial charge < -0.3 is 4.74 Å². The number of rotatable bonds is 6. The molecular weight excluding hydrogens is 176 g/mol. The van der Waals surface area contributed by atoms with E-state index in [1.54, 1.807) is 0 Å². The Morgan fingerprint density at radius 2 is 2.29 bits per heavy atom. The SMILES string of the molecule is C=C(CC)CCCC1CC1OC(C)=O. The molecule has 80 valence electrons. The van der Waals surface area contributed by atoms with Crippen molar-refractivity contribution in [2.45, 2.75) is 52.1 Å². The minimum absolute atomic E-state index is 0.143. The van der Waals surface area contributed by atoms with Crippen LogP contribution in [0.2, 0.25) is 0 Å². The quantitative estimate of drug-likeness (QED) is 0.482. The fourth-order valence-corrected chi connectivity index (χ4v) is 1.67. The Bertz CT molecular complexity index is 220. The van der Waals surface area contributed by atoms with Gasteiger partial charge in [-0.05, 0) is 38.0 Å². The number of carbonyl (C=O) groups excluding carboxylic acids is 1. The molecule has 1 rings (SSSR count). The van der Waals surface area contributed by atoms with E-state index in [2.05, 4.69) is 13.5 Å². The van der Waals surface area contributed by atoms with E-state index in [0.717, 1.165) is 19.3 Å². The highest BCUT2D eigenvalue weighted by Gasteiger charge is 2.39. The van der Waals surface area contributed by atoms with Crippen molar-refractivity contribution < 1.29 is 9.53 Å². The summed E-state index contributed by atoms with van der Waals surface area (Å²) >= 11 is 0. The van der Waals surface area contributed by atoms with Gasteiger partial charge in [-0.3, -0.25) is 4.79 Å². The minimum Gasteiger partial charge on any atom is -0.462 e. The summed E-state index contributed by atoms with van der Waals surface area (Å²) in [7, 11) is 0. The molecule has 1 aliphatic rings. The van der Waals surface area contributed by atoms with Crippen molar-refractivity contribution in [1.82, 2.24) is 0 Å². The molecule has 0 aromatic carbocycles. The van der Waals surface area contributed by atoms with Crippen LogP contribution in [0.5, 0.6) is 0 Å². The van der Waals surface area contributed by atoms with Gasteiger partial charge in [0.25, 0.3) is 0 Å². The van der Waals surface area contributed by atoms with E-state index >= 15 is 0 Å². The van der Waals surface area contributed by atoms with Crippen molar-refractivity contribution >= 4 is 5.97 Å². The maximum atomic E-state index is 10.6. The molecular formula is C12H20O2. The van der Waals surface area contributed by atoms with Gasteiger partial charge >= 0.3 is 5.97 Å². The molecule has 0 aromatic rings. The average molecular weight is 196 g/mol. The zero-order chi connectivity index (χ0) is 10.6. The molecule has 2 atom stereocenters. The smallest absolute Gasteiger partial charge is 0.302 e. The van der Waals surface area contributed by atoms with Gasteiger partial charge in [0.15, 0.2) is 0 Å². The topological polar surface area (TPSA) is 26.3 Å². The molecule has 0 aliphatic heterocycles. The summed E-state index contributed by atoms with van der Waals surface area (Å²) in [5, 5.41) is 0. The third kappa shape index (κ3) is 3.95. The number of allylic oxidation sites excluding steroid dienone is 1. The average Bonchev–Trinajstić information content (AvgIpc) is 2.82. The monoisotopic (exact) mass is 196 g/mol. The van der Waals surface area contributed by atoms with Crippen LogP contribution in [0.25, 0.3) is 0 Å². The molecule has 1 fully saturated rings. The third-order valence-corrected chi connectivity index (χ3v) is 2.78. The van der Waals surface area contributed by atoms with Crippen LogP contribution in [0.3, 0.4) is 0 Å². The second-order valence-electron chi connectivity index (χ2n) is 4.14. The van der Waals surface area contributed by atoms with E-state index in [1.165, 1.54) is 25.3 Å². The van der Waals surface area contributed by atoms with Crippen molar-refractivity contribution in [3.05, 3.63) is 12.2 Å². The van der Waals surface area contributed by atoms with Gasteiger partial charge in [0.2, 0.25) is 0 Å². The highest BCUT2D eigenvalue weighted by molar-refractivity contribution is 5.66. The summed E-state index contributed by atoms with van der Waals surface area (Å²) in [6.07, 6.45) is 5.87. The van der Waals surface area contributed by atoms with Gasteiger partial charge in [-0.15, -0.1) is 0 Å². The summed E-state index contributed by atoms with van der Waals surface area (Å²) in [6.45, 7) is 7.59. The van der Waals surface area contributed by atoms with Crippen molar-refractivity contribution in [2.24, 2.45) is 5.92 Å². The molecule has 0 amide bonds. The molecule has 2 unspecified atom stereocenters. The van der Waals surface area contributed by atoms with E-state index < -0.39 is 0 Å². The standard InChI is InChI=1S/C12H20O2/c1-4-9(2)6-5-7-11-8-12(11)14-10(3)13/h11-12H,2,4-8H2,1,3H3. The zero-order valence-corrected chi connectivity index (χ0v) is 9.21. The summed E-state index contributed by atoms with van der Waals surface area (Å²) in [5.41, 5.74) is 1.33. The van der Waals surface area contributed by atoms with Crippen LogP contribution in [-0.2, 0) is 9.53 Å². The maximum Gasteiger partial charge on any atom is 0.302 e. The molecule has 2 heteroatoms. The summed E-state index contributed by atoms with van der Waals surface area (Å²) in [6, 6.07) is 0. The van der Waals surface area contributed by atoms with Crippen LogP contribution < -0.4 is 0 Å². The number of ether oxygens (including phenoxy) is 1. The fraction of sp³-hybridized carbons (Fsp3) is 0.750. The maximum absolute atomic E-state index is 10.6. The van der Waals surface area contributed by atoms with Crippen molar-refractivity contribution in [3.8, 4) is 0 Å². The van der Waals surface area contributed by atoms with Gasteiger partial charge in [0.05, 0.1) is 0 Å². The lowest BCUT2D eigenvalue weighted by Gasteiger charge is -2.02. The molecule has 0 saturated heterocycles. The fourth-order valence-electron chi connectivity index (χ4n) is 1.67. The number of hydrogen-bond acceptors (Lipinski definition) is 2. The molecule has 0 radical (unpaired) electrons. The van der Waals surface area contributed by atoms with Gasteiger partial charge in [-0.2, -0.15) is 0 Å². The number of carbonyl (C=O) groups is 1. The van der Waals surface area contributed by atoms with Gasteiger partial charge in [0, 0.05) is 6.92 Å². The first-order valence-electron chi connectivity index (χ1n) is 5.47. The largest absolute Gasteiger partial charge is 0.462 e. The second kappa shape index (κ2) is 5.18. The number of hydrogen-bond donors (Lipinski definition) is 0. The van der Waals surface area contributed by atoms with Gasteiger partial charge in [-0.25, -0.2) is 0 Å². The zero-order valence-electron chi connectivity index (χ0n) is 9.21. The van der Waals surface area contributed by atoms with E-state index in [9.17, 15) is 4.79 Å². The van der Waals surface area contributed by atoms with Crippen molar-refractivity contribution in [2.75, 3.05) is 0 Å². The highest BCUT2D eigenvalue weighted by atomic mass is 16.5. The normalized spacial score (nSPS) is 24.4. The van der Waals surface area contributed by atoms with Crippen LogP contribution in [0.4, 0.5) is 0 Å². The second-order valence-corrected chi connectivity index (χ2v) is 4.14. The van der Waals surface area contributed by atoms with Crippen LogP contribution in [0.15, 0.2) is 12.2 Å². The predicted molar refractivity (Wildman–Crippen MR) is 56.9 cm³/mol. The van der Waals surface area contributed by atoms with Crippen LogP contribution >= 0.6 is 0 Å². The molecule has 1 aliphatic carbocycles. The van der Waals surface area contributed by atoms with Gasteiger partial charge in [-0.1, -0.05) is 19.1 Å². The first-order valence-corrected chi connectivity index (χ1v) is 5.47. The van der Waals surface area contributed by atoms with Crippen LogP contribution in [0.1, 0.15) is 46.0 Å². The lowest BCUT2D eigenvalue weighted by molar-refractivity contribution is -0.142. The van der Waals surface area contributed by atoms with Gasteiger partial charge in [0.1, 0.15) is 6.10 Å². The summed E-state index contributed by atoms with van der Waals surface area (Å²) < 4.78 is 5.10.